The van der Waals surface area contributed by atoms with E-state index in [1.807, 2.05) is 0 Å². The van der Waals surface area contributed by atoms with E-state index < -0.39 is 18.0 Å². The summed E-state index contributed by atoms with van der Waals surface area (Å²) in [4.78, 5) is 24.1. The molecular weight excluding hydrogens is 370 g/mol. The lowest BCUT2D eigenvalue weighted by atomic mass is 10.2. The van der Waals surface area contributed by atoms with Crippen molar-refractivity contribution in [2.24, 2.45) is 0 Å². The first-order valence-electron chi connectivity index (χ1n) is 8.36. The van der Waals surface area contributed by atoms with E-state index in [2.05, 4.69) is 5.32 Å². The number of anilines is 1. The average Bonchev–Trinajstić information content (AvgIpc) is 2.66. The number of esters is 1. The van der Waals surface area contributed by atoms with Crippen molar-refractivity contribution < 1.29 is 23.8 Å². The van der Waals surface area contributed by atoms with Crippen molar-refractivity contribution in [2.75, 3.05) is 18.5 Å². The molecule has 0 bridgehead atoms. The monoisotopic (exact) mass is 387 g/mol. The van der Waals surface area contributed by atoms with Gasteiger partial charge in [0.1, 0.15) is 13.2 Å². The van der Waals surface area contributed by atoms with Crippen molar-refractivity contribution in [3.05, 3.63) is 59.1 Å². The van der Waals surface area contributed by atoms with Crippen LogP contribution in [-0.4, -0.2) is 31.2 Å². The maximum Gasteiger partial charge on any atom is 0.331 e. The Hall–Kier alpha value is -2.99. The number of nitrogens with one attached hydrogen (secondary N) is 1. The first kappa shape index (κ1) is 18.8. The summed E-state index contributed by atoms with van der Waals surface area (Å²) in [5.74, 6) is 0.119. The Morgan fingerprint density at radius 3 is 2.70 bits per heavy atom. The van der Waals surface area contributed by atoms with Crippen LogP contribution in [0.5, 0.6) is 11.5 Å². The Balaban J connectivity index is 1.55. The number of rotatable bonds is 5. The van der Waals surface area contributed by atoms with Gasteiger partial charge in [0, 0.05) is 22.9 Å². The lowest BCUT2D eigenvalue weighted by Gasteiger charge is -2.19. The molecular formula is C20H18ClNO5. The Bertz CT molecular complexity index is 880. The van der Waals surface area contributed by atoms with Crippen LogP contribution in [-0.2, 0) is 14.3 Å². The lowest BCUT2D eigenvalue weighted by molar-refractivity contribution is -0.148. The number of hydrogen-bond acceptors (Lipinski definition) is 5. The molecule has 6 nitrogen and oxygen atoms in total. The number of carbonyl (C=O) groups excluding carboxylic acids is 2. The molecule has 0 fully saturated rings. The standard InChI is InChI=1S/C20H18ClNO5/c1-13(27-19(23)8-5-14-3-2-4-15(21)11-14)20(24)22-16-6-7-17-18(12-16)26-10-9-25-17/h2-8,11-13H,9-10H2,1H3,(H,22,24)/b8-5+/t13-/m0/s1. The highest BCUT2D eigenvalue weighted by atomic mass is 35.5. The van der Waals surface area contributed by atoms with Gasteiger partial charge < -0.3 is 19.5 Å². The van der Waals surface area contributed by atoms with Gasteiger partial charge in [-0.2, -0.15) is 0 Å². The van der Waals surface area contributed by atoms with E-state index in [-0.39, 0.29) is 0 Å². The molecule has 0 saturated carbocycles. The van der Waals surface area contributed by atoms with Crippen molar-refractivity contribution >= 4 is 35.2 Å². The fraction of sp³-hybridized carbons (Fsp3) is 0.200. The first-order chi connectivity index (χ1) is 13.0. The van der Waals surface area contributed by atoms with Crippen LogP contribution < -0.4 is 14.8 Å². The van der Waals surface area contributed by atoms with Crippen LogP contribution >= 0.6 is 11.6 Å². The Labute approximate surface area is 161 Å². The van der Waals surface area contributed by atoms with Crippen molar-refractivity contribution in [1.29, 1.82) is 0 Å². The quantitative estimate of drug-likeness (QED) is 0.625. The van der Waals surface area contributed by atoms with Gasteiger partial charge in [0.25, 0.3) is 5.91 Å². The minimum atomic E-state index is -0.963. The maximum atomic E-state index is 12.2. The second kappa shape index (κ2) is 8.60. The van der Waals surface area contributed by atoms with E-state index >= 15 is 0 Å². The smallest absolute Gasteiger partial charge is 0.331 e. The molecule has 140 valence electrons. The van der Waals surface area contributed by atoms with Crippen LogP contribution in [0, 0.1) is 0 Å². The summed E-state index contributed by atoms with van der Waals surface area (Å²) < 4.78 is 16.0. The van der Waals surface area contributed by atoms with E-state index in [0.29, 0.717) is 35.4 Å². The first-order valence-corrected chi connectivity index (χ1v) is 8.74. The molecule has 2 aromatic carbocycles. The number of fused-ring (bicyclic) bond motifs is 1. The van der Waals surface area contributed by atoms with Crippen LogP contribution in [0.25, 0.3) is 6.08 Å². The molecule has 1 aliphatic heterocycles. The fourth-order valence-corrected chi connectivity index (χ4v) is 2.61. The molecule has 0 unspecified atom stereocenters. The second-order valence-electron chi connectivity index (χ2n) is 5.82. The molecule has 0 aromatic heterocycles. The largest absolute Gasteiger partial charge is 0.486 e. The molecule has 0 spiro atoms. The number of ether oxygens (including phenoxy) is 3. The van der Waals surface area contributed by atoms with Crippen LogP contribution in [0.1, 0.15) is 12.5 Å². The van der Waals surface area contributed by atoms with Crippen LogP contribution in [0.4, 0.5) is 5.69 Å². The van der Waals surface area contributed by atoms with E-state index in [4.69, 9.17) is 25.8 Å². The average molecular weight is 388 g/mol. The summed E-state index contributed by atoms with van der Waals surface area (Å²) in [6, 6.07) is 12.1. The Morgan fingerprint density at radius 1 is 1.15 bits per heavy atom. The molecule has 0 aliphatic carbocycles. The lowest BCUT2D eigenvalue weighted by Crippen LogP contribution is -2.29. The molecule has 2 aromatic rings. The summed E-state index contributed by atoms with van der Waals surface area (Å²) in [5.41, 5.74) is 1.29. The Kier molecular flexibility index (Phi) is 5.98. The predicted octanol–water partition coefficient (Wildman–Crippen LogP) is 3.69. The molecule has 0 saturated heterocycles. The van der Waals surface area contributed by atoms with Crippen LogP contribution in [0.2, 0.25) is 5.02 Å². The summed E-state index contributed by atoms with van der Waals surface area (Å²) in [6.45, 7) is 2.45. The predicted molar refractivity (Wildman–Crippen MR) is 102 cm³/mol. The topological polar surface area (TPSA) is 73.9 Å². The molecule has 1 N–H and O–H groups in total. The van der Waals surface area contributed by atoms with Crippen molar-refractivity contribution in [3.63, 3.8) is 0 Å². The molecule has 7 heteroatoms. The molecule has 3 rings (SSSR count). The van der Waals surface area contributed by atoms with Crippen LogP contribution in [0.15, 0.2) is 48.5 Å². The summed E-state index contributed by atoms with van der Waals surface area (Å²) in [7, 11) is 0. The van der Waals surface area contributed by atoms with E-state index in [0.717, 1.165) is 5.56 Å². The van der Waals surface area contributed by atoms with Crippen molar-refractivity contribution in [2.45, 2.75) is 13.0 Å². The molecule has 1 amide bonds. The second-order valence-corrected chi connectivity index (χ2v) is 6.25. The number of carbonyl (C=O) groups is 2. The molecule has 27 heavy (non-hydrogen) atoms. The third kappa shape index (κ3) is 5.24. The maximum absolute atomic E-state index is 12.2. The molecule has 1 aliphatic rings. The summed E-state index contributed by atoms with van der Waals surface area (Å²) in [5, 5.41) is 3.25. The highest BCUT2D eigenvalue weighted by Crippen LogP contribution is 2.32. The van der Waals surface area contributed by atoms with Crippen LogP contribution in [0.3, 0.4) is 0 Å². The normalized spacial score (nSPS) is 13.9. The van der Waals surface area contributed by atoms with Gasteiger partial charge in [-0.15, -0.1) is 0 Å². The van der Waals surface area contributed by atoms with Gasteiger partial charge in [-0.3, -0.25) is 4.79 Å². The Morgan fingerprint density at radius 2 is 1.93 bits per heavy atom. The van der Waals surface area contributed by atoms with Gasteiger partial charge in [0.2, 0.25) is 0 Å². The van der Waals surface area contributed by atoms with Crippen molar-refractivity contribution in [3.8, 4) is 11.5 Å². The highest BCUT2D eigenvalue weighted by molar-refractivity contribution is 6.30. The zero-order valence-electron chi connectivity index (χ0n) is 14.6. The summed E-state index contributed by atoms with van der Waals surface area (Å²) >= 11 is 5.89. The van der Waals surface area contributed by atoms with Gasteiger partial charge in [0.05, 0.1) is 0 Å². The molecule has 1 atom stereocenters. The molecule has 1 heterocycles. The van der Waals surface area contributed by atoms with Gasteiger partial charge in [-0.05, 0) is 42.8 Å². The fourth-order valence-electron chi connectivity index (χ4n) is 2.41. The number of benzene rings is 2. The zero-order valence-corrected chi connectivity index (χ0v) is 15.4. The van der Waals surface area contributed by atoms with Gasteiger partial charge in [-0.1, -0.05) is 23.7 Å². The van der Waals surface area contributed by atoms with Gasteiger partial charge in [-0.25, -0.2) is 4.79 Å². The third-order valence-corrected chi connectivity index (χ3v) is 3.97. The van der Waals surface area contributed by atoms with E-state index in [1.54, 1.807) is 48.5 Å². The SMILES string of the molecule is C[C@H](OC(=O)/C=C/c1cccc(Cl)c1)C(=O)Nc1ccc2c(c1)OCCO2. The van der Waals surface area contributed by atoms with E-state index in [1.165, 1.54) is 13.0 Å². The van der Waals surface area contributed by atoms with E-state index in [9.17, 15) is 9.59 Å². The summed E-state index contributed by atoms with van der Waals surface area (Å²) in [6.07, 6.45) is 1.86. The van der Waals surface area contributed by atoms with Gasteiger partial charge in [0.15, 0.2) is 17.6 Å². The number of halogens is 1. The zero-order chi connectivity index (χ0) is 19.2. The molecule has 0 radical (unpaired) electrons. The minimum absolute atomic E-state index is 0.448. The number of hydrogen-bond donors (Lipinski definition) is 1. The highest BCUT2D eigenvalue weighted by Gasteiger charge is 2.18. The minimum Gasteiger partial charge on any atom is -0.486 e. The van der Waals surface area contributed by atoms with Crippen molar-refractivity contribution in [1.82, 2.24) is 0 Å². The number of amides is 1. The third-order valence-electron chi connectivity index (χ3n) is 3.73. The van der Waals surface area contributed by atoms with Gasteiger partial charge >= 0.3 is 5.97 Å².